The Bertz CT molecular complexity index is 2180. The molecular weight excluding hydrogens is 728 g/mol. The number of hydrogen-bond acceptors (Lipinski definition) is 5. The molecule has 4 nitrogen and oxygen atoms in total. The second-order valence-corrected chi connectivity index (χ2v) is 18.6. The molecule has 0 aromatic heterocycles. The lowest BCUT2D eigenvalue weighted by Crippen LogP contribution is -2.24. The number of benzene rings is 6. The third-order valence-electron chi connectivity index (χ3n) is 9.30. The fourth-order valence-corrected chi connectivity index (χ4v) is 9.68. The molecule has 6 aromatic carbocycles. The van der Waals surface area contributed by atoms with Crippen molar-refractivity contribution in [1.82, 2.24) is 0 Å². The number of Topliss-reactive ketones (excluding diaryl/α,β-unsaturated/α-hetero) is 2. The van der Waals surface area contributed by atoms with Gasteiger partial charge in [0, 0.05) is 41.0 Å². The Morgan fingerprint density at radius 1 is 0.625 bits per heavy atom. The van der Waals surface area contributed by atoms with Gasteiger partial charge in [-0.15, -0.1) is 11.8 Å². The first-order valence-corrected chi connectivity index (χ1v) is 21.8. The van der Waals surface area contributed by atoms with Crippen LogP contribution in [-0.2, 0) is 4.74 Å². The third kappa shape index (κ3) is 11.0. The molecule has 0 spiro atoms. The largest absolute Gasteiger partial charge is 0.369 e. The van der Waals surface area contributed by atoms with Crippen LogP contribution in [0.1, 0.15) is 80.2 Å². The SMILES string of the molecule is C=P(C(=O)c1c(C)cc(C)cc1C)(c1ccccc1)c1ccccc1.COC(C(=O)c1ccccc1)c1ccccc1.CSc1ccc(C(=O)C(C)(C)C)cc1. The van der Waals surface area contributed by atoms with Gasteiger partial charge in [0.05, 0.1) is 0 Å². The number of methoxy groups -OCH3 is 1. The van der Waals surface area contributed by atoms with Crippen molar-refractivity contribution in [2.75, 3.05) is 13.4 Å². The Hall–Kier alpha value is -5.06. The Labute approximate surface area is 338 Å². The van der Waals surface area contributed by atoms with Gasteiger partial charge < -0.3 is 4.74 Å². The van der Waals surface area contributed by atoms with Gasteiger partial charge in [0.25, 0.3) is 0 Å². The number of ether oxygens (including phenoxy) is 1. The second kappa shape index (κ2) is 20.2. The molecule has 0 aliphatic carbocycles. The predicted molar refractivity (Wildman–Crippen MR) is 240 cm³/mol. The summed E-state index contributed by atoms with van der Waals surface area (Å²) in [6, 6.07) is 50.7. The maximum absolute atomic E-state index is 13.8. The molecule has 0 N–H and O–H groups in total. The summed E-state index contributed by atoms with van der Waals surface area (Å²) in [5.74, 6) is 0.185. The molecule has 0 aliphatic heterocycles. The lowest BCUT2D eigenvalue weighted by atomic mass is 9.87. The molecule has 0 fully saturated rings. The lowest BCUT2D eigenvalue weighted by Gasteiger charge is -2.26. The highest BCUT2D eigenvalue weighted by molar-refractivity contribution is 8.01. The van der Waals surface area contributed by atoms with Crippen molar-refractivity contribution in [2.24, 2.45) is 5.41 Å². The quantitative estimate of drug-likeness (QED) is 0.0787. The molecule has 0 heterocycles. The number of rotatable bonds is 10. The van der Waals surface area contributed by atoms with Crippen LogP contribution in [0.5, 0.6) is 0 Å². The monoisotopic (exact) mass is 780 g/mol. The van der Waals surface area contributed by atoms with E-state index in [0.717, 1.165) is 38.4 Å². The van der Waals surface area contributed by atoms with Crippen molar-refractivity contribution in [1.29, 1.82) is 0 Å². The summed E-state index contributed by atoms with van der Waals surface area (Å²) in [4.78, 5) is 39.1. The average molecular weight is 781 g/mol. The summed E-state index contributed by atoms with van der Waals surface area (Å²) in [5, 5.41) is 2.04. The zero-order valence-electron chi connectivity index (χ0n) is 33.8. The van der Waals surface area contributed by atoms with E-state index in [4.69, 9.17) is 4.74 Å². The molecule has 6 aromatic rings. The van der Waals surface area contributed by atoms with Crippen LogP contribution in [0.2, 0.25) is 0 Å². The topological polar surface area (TPSA) is 60.4 Å². The molecular formula is C50H53O4PS. The molecule has 56 heavy (non-hydrogen) atoms. The van der Waals surface area contributed by atoms with Gasteiger partial charge in [0.1, 0.15) is 6.10 Å². The number of carbonyl (C=O) groups is 3. The lowest BCUT2D eigenvalue weighted by molar-refractivity contribution is 0.0604. The highest BCUT2D eigenvalue weighted by atomic mass is 32.2. The molecule has 0 aliphatic rings. The Balaban J connectivity index is 0.000000197. The number of ketones is 2. The van der Waals surface area contributed by atoms with Gasteiger partial charge in [0.15, 0.2) is 17.1 Å². The molecule has 0 bridgehead atoms. The molecule has 0 amide bonds. The van der Waals surface area contributed by atoms with E-state index < -0.39 is 13.0 Å². The van der Waals surface area contributed by atoms with E-state index in [-0.39, 0.29) is 22.5 Å². The molecule has 6 heteroatoms. The minimum Gasteiger partial charge on any atom is -0.369 e. The van der Waals surface area contributed by atoms with Crippen LogP contribution in [-0.4, -0.2) is 36.8 Å². The van der Waals surface area contributed by atoms with Gasteiger partial charge in [-0.05, 0) is 66.5 Å². The number of carbonyl (C=O) groups excluding carboxylic acids is 3. The summed E-state index contributed by atoms with van der Waals surface area (Å²) in [5.41, 5.74) is 6.27. The summed E-state index contributed by atoms with van der Waals surface area (Å²) in [7, 11) is 1.55. The van der Waals surface area contributed by atoms with E-state index in [9.17, 15) is 14.4 Å². The minimum absolute atomic E-state index is 0.0145. The average Bonchev–Trinajstić information content (AvgIpc) is 3.21. The normalized spacial score (nSPS) is 11.6. The molecule has 1 atom stereocenters. The van der Waals surface area contributed by atoms with Gasteiger partial charge >= 0.3 is 0 Å². The van der Waals surface area contributed by atoms with Gasteiger partial charge in [-0.1, -0.05) is 178 Å². The van der Waals surface area contributed by atoms with Crippen LogP contribution in [0, 0.1) is 26.2 Å². The van der Waals surface area contributed by atoms with Crippen molar-refractivity contribution < 1.29 is 19.1 Å². The first-order valence-electron chi connectivity index (χ1n) is 18.6. The number of aryl methyl sites for hydroxylation is 3. The molecule has 0 saturated carbocycles. The van der Waals surface area contributed by atoms with Crippen molar-refractivity contribution in [3.63, 3.8) is 0 Å². The zero-order chi connectivity index (χ0) is 40.9. The van der Waals surface area contributed by atoms with Crippen molar-refractivity contribution in [3.8, 4) is 0 Å². The van der Waals surface area contributed by atoms with E-state index >= 15 is 0 Å². The van der Waals surface area contributed by atoms with E-state index in [0.29, 0.717) is 5.56 Å². The Morgan fingerprint density at radius 2 is 1.05 bits per heavy atom. The molecule has 0 saturated heterocycles. The summed E-state index contributed by atoms with van der Waals surface area (Å²) in [6.07, 6.45) is 6.05. The number of hydrogen-bond donors (Lipinski definition) is 0. The highest BCUT2D eigenvalue weighted by Crippen LogP contribution is 2.47. The van der Waals surface area contributed by atoms with Crippen LogP contribution in [0.25, 0.3) is 0 Å². The van der Waals surface area contributed by atoms with Crippen molar-refractivity contribution in [3.05, 3.63) is 197 Å². The van der Waals surface area contributed by atoms with Crippen molar-refractivity contribution in [2.45, 2.75) is 52.5 Å². The van der Waals surface area contributed by atoms with Gasteiger partial charge in [-0.3, -0.25) is 14.4 Å². The molecule has 288 valence electrons. The van der Waals surface area contributed by atoms with Crippen LogP contribution in [0.4, 0.5) is 0 Å². The summed E-state index contributed by atoms with van der Waals surface area (Å²) >= 11 is 1.69. The van der Waals surface area contributed by atoms with Crippen LogP contribution >= 0.6 is 18.6 Å². The predicted octanol–water partition coefficient (Wildman–Crippen LogP) is 11.7. The minimum atomic E-state index is -2.44. The van der Waals surface area contributed by atoms with Crippen LogP contribution in [0.3, 0.4) is 0 Å². The Morgan fingerprint density at radius 3 is 1.46 bits per heavy atom. The van der Waals surface area contributed by atoms with Crippen LogP contribution < -0.4 is 10.6 Å². The second-order valence-electron chi connectivity index (χ2n) is 14.6. The maximum Gasteiger partial charge on any atom is 0.196 e. The molecule has 1 unspecified atom stereocenters. The fourth-order valence-electron chi connectivity index (χ4n) is 6.41. The number of thioether (sulfide) groups is 1. The standard InChI is InChI=1S/C23H23OP.C15H14O2.C12H16OS/c1-17-15-18(2)22(19(3)16-17)23(24)25(4,20-11-7-5-8-12-20)21-13-9-6-10-14-21;1-17-15(13-10-6-3-7-11-13)14(16)12-8-4-2-5-9-12;1-12(2,3)11(13)9-5-7-10(14-4)8-6-9/h5-16H,4H2,1-3H3;2-11,15H,1H3;5-8H,1-4H3. The van der Waals surface area contributed by atoms with Crippen molar-refractivity contribution >= 4 is 52.6 Å². The van der Waals surface area contributed by atoms with Gasteiger partial charge in [-0.2, -0.15) is 0 Å². The first-order chi connectivity index (χ1) is 26.7. The summed E-state index contributed by atoms with van der Waals surface area (Å²) < 4.78 is 5.30. The third-order valence-corrected chi connectivity index (χ3v) is 13.3. The molecule has 0 radical (unpaired) electrons. The zero-order valence-corrected chi connectivity index (χ0v) is 35.5. The first kappa shape index (κ1) is 43.7. The van der Waals surface area contributed by atoms with Gasteiger partial charge in [0.2, 0.25) is 0 Å². The van der Waals surface area contributed by atoms with E-state index in [1.165, 1.54) is 10.5 Å². The fraction of sp³-hybridized carbons (Fsp3) is 0.200. The van der Waals surface area contributed by atoms with E-state index in [2.05, 4.69) is 25.4 Å². The smallest absolute Gasteiger partial charge is 0.196 e. The van der Waals surface area contributed by atoms with E-state index in [1.54, 1.807) is 31.0 Å². The Kier molecular flexibility index (Phi) is 15.8. The van der Waals surface area contributed by atoms with Gasteiger partial charge in [-0.25, -0.2) is 0 Å². The van der Waals surface area contributed by atoms with Crippen LogP contribution in [0.15, 0.2) is 163 Å². The summed E-state index contributed by atoms with van der Waals surface area (Å²) in [6.45, 7) is 9.49. The van der Waals surface area contributed by atoms with E-state index in [1.807, 2.05) is 174 Å². The molecule has 6 rings (SSSR count). The maximum atomic E-state index is 13.8. The highest BCUT2D eigenvalue weighted by Gasteiger charge is 2.31.